The Morgan fingerprint density at radius 2 is 1.97 bits per heavy atom. The lowest BCUT2D eigenvalue weighted by Gasteiger charge is -2.58. The van der Waals surface area contributed by atoms with Crippen LogP contribution >= 0.6 is 0 Å². The molecule has 3 atom stereocenters. The second-order valence-electron chi connectivity index (χ2n) is 9.03. The molecular formula is C25H33N3O3. The molecule has 0 unspecified atom stereocenters. The van der Waals surface area contributed by atoms with Crippen LogP contribution in [0, 0.1) is 17.8 Å². The van der Waals surface area contributed by atoms with E-state index in [1.165, 1.54) is 25.7 Å². The first kappa shape index (κ1) is 21.7. The minimum Gasteiger partial charge on any atom is -0.394 e. The standard InChI is InChI=1S/C25H33N3O3/c1-2-14-26-25(31)27-15-21-24(22(17-29)28(21)23(30)16-27)20-12-10-19(11-13-20)9-5-8-18-6-3-4-7-18/h10-13,18,21-22,24,29H,2-4,6-8,14-17H2,1H3,(H,26,31)/t21-,22+,24+/m0/s1. The van der Waals surface area contributed by atoms with E-state index in [0.29, 0.717) is 13.1 Å². The molecule has 6 heteroatoms. The van der Waals surface area contributed by atoms with Gasteiger partial charge in [0.05, 0.1) is 18.7 Å². The summed E-state index contributed by atoms with van der Waals surface area (Å²) < 4.78 is 0. The summed E-state index contributed by atoms with van der Waals surface area (Å²) in [6.07, 6.45) is 7.13. The molecule has 2 aliphatic heterocycles. The Hall–Kier alpha value is -2.52. The lowest BCUT2D eigenvalue weighted by Crippen LogP contribution is -2.73. The molecule has 1 aliphatic carbocycles. The molecule has 2 N–H and O–H groups in total. The summed E-state index contributed by atoms with van der Waals surface area (Å²) in [5, 5.41) is 12.8. The SMILES string of the molecule is CCCNC(=O)N1CC(=O)N2[C@H](CO)[C@H](c3ccc(C#CCC4CCCC4)cc3)[C@@H]2C1. The summed E-state index contributed by atoms with van der Waals surface area (Å²) in [4.78, 5) is 28.4. The van der Waals surface area contributed by atoms with Crippen molar-refractivity contribution in [1.82, 2.24) is 15.1 Å². The van der Waals surface area contributed by atoms with E-state index in [1.54, 1.807) is 9.80 Å². The van der Waals surface area contributed by atoms with Crippen molar-refractivity contribution in [2.75, 3.05) is 26.2 Å². The van der Waals surface area contributed by atoms with Crippen LogP contribution in [-0.2, 0) is 4.79 Å². The minimum atomic E-state index is -0.224. The molecule has 166 valence electrons. The number of aliphatic hydroxyl groups excluding tert-OH is 1. The maximum absolute atomic E-state index is 12.6. The third-order valence-electron chi connectivity index (χ3n) is 6.96. The van der Waals surface area contributed by atoms with Gasteiger partial charge in [-0.3, -0.25) is 4.79 Å². The van der Waals surface area contributed by atoms with E-state index in [0.717, 1.165) is 29.9 Å². The van der Waals surface area contributed by atoms with Gasteiger partial charge >= 0.3 is 6.03 Å². The molecule has 2 heterocycles. The van der Waals surface area contributed by atoms with Crippen molar-refractivity contribution >= 4 is 11.9 Å². The smallest absolute Gasteiger partial charge is 0.317 e. The van der Waals surface area contributed by atoms with Gasteiger partial charge in [-0.2, -0.15) is 0 Å². The van der Waals surface area contributed by atoms with E-state index < -0.39 is 0 Å². The molecule has 0 spiro atoms. The van der Waals surface area contributed by atoms with E-state index in [-0.39, 0.29) is 43.1 Å². The molecule has 31 heavy (non-hydrogen) atoms. The number of carbonyl (C=O) groups is 2. The van der Waals surface area contributed by atoms with Crippen LogP contribution in [-0.4, -0.2) is 65.2 Å². The number of nitrogens with zero attached hydrogens (tertiary/aromatic N) is 2. The molecule has 0 bridgehead atoms. The second-order valence-corrected chi connectivity index (χ2v) is 9.03. The summed E-state index contributed by atoms with van der Waals surface area (Å²) in [6.45, 7) is 3.10. The zero-order chi connectivity index (χ0) is 21.8. The normalized spacial score (nSPS) is 25.5. The van der Waals surface area contributed by atoms with Crippen LogP contribution in [0.15, 0.2) is 24.3 Å². The number of carbonyl (C=O) groups excluding carboxylic acids is 2. The first-order valence-electron chi connectivity index (χ1n) is 11.7. The highest BCUT2D eigenvalue weighted by atomic mass is 16.3. The number of fused-ring (bicyclic) bond motifs is 1. The number of nitrogens with one attached hydrogen (secondary N) is 1. The van der Waals surface area contributed by atoms with Crippen molar-refractivity contribution < 1.29 is 14.7 Å². The van der Waals surface area contributed by atoms with Crippen LogP contribution in [0.4, 0.5) is 4.79 Å². The molecule has 0 aromatic heterocycles. The Morgan fingerprint density at radius 3 is 2.65 bits per heavy atom. The van der Waals surface area contributed by atoms with Gasteiger partial charge in [0, 0.05) is 31.0 Å². The van der Waals surface area contributed by atoms with Crippen LogP contribution < -0.4 is 5.32 Å². The zero-order valence-corrected chi connectivity index (χ0v) is 18.3. The van der Waals surface area contributed by atoms with Gasteiger partial charge in [0.25, 0.3) is 0 Å². The zero-order valence-electron chi connectivity index (χ0n) is 18.3. The largest absolute Gasteiger partial charge is 0.394 e. The summed E-state index contributed by atoms with van der Waals surface area (Å²) >= 11 is 0. The predicted molar refractivity (Wildman–Crippen MR) is 119 cm³/mol. The Kier molecular flexibility index (Phi) is 6.82. The highest BCUT2D eigenvalue weighted by Crippen LogP contribution is 2.42. The minimum absolute atomic E-state index is 0.0243. The van der Waals surface area contributed by atoms with Crippen molar-refractivity contribution in [3.8, 4) is 11.8 Å². The molecule has 6 nitrogen and oxygen atoms in total. The average Bonchev–Trinajstić information content (AvgIpc) is 3.28. The summed E-state index contributed by atoms with van der Waals surface area (Å²) in [5.74, 6) is 7.31. The lowest BCUT2D eigenvalue weighted by atomic mass is 9.73. The first-order chi connectivity index (χ1) is 15.1. The van der Waals surface area contributed by atoms with Gasteiger partial charge in [-0.25, -0.2) is 4.79 Å². The van der Waals surface area contributed by atoms with E-state index in [2.05, 4.69) is 29.3 Å². The van der Waals surface area contributed by atoms with Crippen molar-refractivity contribution in [3.63, 3.8) is 0 Å². The van der Waals surface area contributed by atoms with Gasteiger partial charge in [0.15, 0.2) is 0 Å². The molecule has 1 aromatic rings. The Labute approximate surface area is 185 Å². The molecule has 1 saturated carbocycles. The summed E-state index contributed by atoms with van der Waals surface area (Å²) in [7, 11) is 0. The summed E-state index contributed by atoms with van der Waals surface area (Å²) in [5.41, 5.74) is 2.09. The number of benzene rings is 1. The molecule has 3 amide bonds. The molecule has 4 rings (SSSR count). The number of hydrogen-bond acceptors (Lipinski definition) is 3. The van der Waals surface area contributed by atoms with Gasteiger partial charge < -0.3 is 20.2 Å². The fourth-order valence-electron chi connectivity index (χ4n) is 5.30. The van der Waals surface area contributed by atoms with E-state index in [4.69, 9.17) is 0 Å². The molecule has 1 aromatic carbocycles. The van der Waals surface area contributed by atoms with Crippen molar-refractivity contribution in [1.29, 1.82) is 0 Å². The molecule has 2 saturated heterocycles. The number of piperazine rings is 1. The topological polar surface area (TPSA) is 72.9 Å². The quantitative estimate of drug-likeness (QED) is 0.716. The average molecular weight is 424 g/mol. The molecule has 0 radical (unpaired) electrons. The Bertz CT molecular complexity index is 851. The number of amides is 3. The fraction of sp³-hybridized carbons (Fsp3) is 0.600. The molecular weight excluding hydrogens is 390 g/mol. The number of urea groups is 1. The van der Waals surface area contributed by atoms with Crippen LogP contribution in [0.3, 0.4) is 0 Å². The van der Waals surface area contributed by atoms with Gasteiger partial charge in [0.2, 0.25) is 5.91 Å². The number of aliphatic hydroxyl groups is 1. The summed E-state index contributed by atoms with van der Waals surface area (Å²) in [6, 6.07) is 7.68. The van der Waals surface area contributed by atoms with Gasteiger partial charge in [-0.15, -0.1) is 0 Å². The van der Waals surface area contributed by atoms with Crippen LogP contribution in [0.1, 0.15) is 62.5 Å². The third-order valence-corrected chi connectivity index (χ3v) is 6.96. The lowest BCUT2D eigenvalue weighted by molar-refractivity contribution is -0.159. The maximum atomic E-state index is 12.6. The van der Waals surface area contributed by atoms with Gasteiger partial charge in [-0.1, -0.05) is 43.7 Å². The van der Waals surface area contributed by atoms with Crippen LogP contribution in [0.25, 0.3) is 0 Å². The van der Waals surface area contributed by atoms with Crippen LogP contribution in [0.2, 0.25) is 0 Å². The van der Waals surface area contributed by atoms with Gasteiger partial charge in [0.1, 0.15) is 6.54 Å². The molecule has 3 aliphatic rings. The van der Waals surface area contributed by atoms with E-state index >= 15 is 0 Å². The van der Waals surface area contributed by atoms with Crippen LogP contribution in [0.5, 0.6) is 0 Å². The Balaban J connectivity index is 1.43. The highest BCUT2D eigenvalue weighted by molar-refractivity contribution is 5.87. The van der Waals surface area contributed by atoms with Gasteiger partial charge in [-0.05, 0) is 42.9 Å². The monoisotopic (exact) mass is 423 g/mol. The van der Waals surface area contributed by atoms with E-state index in [9.17, 15) is 14.7 Å². The number of rotatable bonds is 5. The molecule has 3 fully saturated rings. The predicted octanol–water partition coefficient (Wildman–Crippen LogP) is 2.71. The number of hydrogen-bond donors (Lipinski definition) is 2. The Morgan fingerprint density at radius 1 is 1.23 bits per heavy atom. The first-order valence-corrected chi connectivity index (χ1v) is 11.7. The fourth-order valence-corrected chi connectivity index (χ4v) is 5.30. The van der Waals surface area contributed by atoms with Crippen molar-refractivity contribution in [2.45, 2.75) is 63.5 Å². The van der Waals surface area contributed by atoms with Crippen molar-refractivity contribution in [3.05, 3.63) is 35.4 Å². The third kappa shape index (κ3) is 4.57. The van der Waals surface area contributed by atoms with Crippen molar-refractivity contribution in [2.24, 2.45) is 5.92 Å². The van der Waals surface area contributed by atoms with E-state index in [1.807, 2.05) is 19.1 Å². The maximum Gasteiger partial charge on any atom is 0.317 e. The second kappa shape index (κ2) is 9.74. The highest BCUT2D eigenvalue weighted by Gasteiger charge is 2.54.